The number of hydrogen-bond donors (Lipinski definition) is 0. The molecule has 1 aliphatic heterocycles. The van der Waals surface area contributed by atoms with Gasteiger partial charge in [-0.25, -0.2) is 12.7 Å². The van der Waals surface area contributed by atoms with E-state index in [1.54, 1.807) is 7.11 Å². The van der Waals surface area contributed by atoms with Crippen LogP contribution in [0.2, 0.25) is 0 Å². The minimum absolute atomic E-state index is 0.165. The van der Waals surface area contributed by atoms with E-state index < -0.39 is 10.0 Å². The molecule has 3 rings (SSSR count). The van der Waals surface area contributed by atoms with Gasteiger partial charge in [0.15, 0.2) is 5.78 Å². The summed E-state index contributed by atoms with van der Waals surface area (Å²) in [5.41, 5.74) is 4.20. The van der Waals surface area contributed by atoms with Gasteiger partial charge in [-0.1, -0.05) is 30.3 Å². The monoisotopic (exact) mass is 472 g/mol. The first kappa shape index (κ1) is 25.4. The van der Waals surface area contributed by atoms with Crippen LogP contribution in [0.5, 0.6) is 5.75 Å². The van der Waals surface area contributed by atoms with Crippen LogP contribution in [0.3, 0.4) is 0 Å². The van der Waals surface area contributed by atoms with Crippen molar-refractivity contribution in [3.8, 4) is 5.75 Å². The minimum atomic E-state index is -3.18. The fourth-order valence-electron chi connectivity index (χ4n) is 4.35. The number of fused-ring (bicyclic) bond motifs is 1. The number of Topliss-reactive ketones (excluding diaryl/α,β-unsaturated/α-hetero) is 1. The topological polar surface area (TPSA) is 66.9 Å². The van der Waals surface area contributed by atoms with Crippen LogP contribution in [-0.2, 0) is 29.3 Å². The van der Waals surface area contributed by atoms with Crippen LogP contribution >= 0.6 is 0 Å². The van der Waals surface area contributed by atoms with E-state index >= 15 is 0 Å². The zero-order valence-electron chi connectivity index (χ0n) is 20.0. The van der Waals surface area contributed by atoms with Crippen LogP contribution < -0.4 is 4.74 Å². The van der Waals surface area contributed by atoms with Crippen LogP contribution in [0.15, 0.2) is 42.5 Å². The number of nitrogens with zero attached hydrogens (tertiary/aromatic N) is 2. The molecule has 0 spiro atoms. The highest BCUT2D eigenvalue weighted by molar-refractivity contribution is 7.88. The fourth-order valence-corrected chi connectivity index (χ4v) is 5.20. The van der Waals surface area contributed by atoms with Gasteiger partial charge in [-0.15, -0.1) is 0 Å². The third-order valence-electron chi connectivity index (χ3n) is 6.41. The first-order valence-corrected chi connectivity index (χ1v) is 13.5. The Balaban J connectivity index is 1.43. The molecule has 33 heavy (non-hydrogen) atoms. The Kier molecular flexibility index (Phi) is 9.06. The maximum absolute atomic E-state index is 12.7. The summed E-state index contributed by atoms with van der Waals surface area (Å²) in [6, 6.07) is 14.0. The normalized spacial score (nSPS) is 14.7. The molecule has 1 aliphatic rings. The van der Waals surface area contributed by atoms with E-state index in [1.165, 1.54) is 16.1 Å². The molecule has 0 atom stereocenters. The molecule has 0 saturated heterocycles. The molecule has 6 nitrogen and oxygen atoms in total. The summed E-state index contributed by atoms with van der Waals surface area (Å²) in [4.78, 5) is 15.0. The highest BCUT2D eigenvalue weighted by Crippen LogP contribution is 2.21. The molecule has 0 unspecified atom stereocenters. The van der Waals surface area contributed by atoms with E-state index in [1.807, 2.05) is 36.4 Å². The SMILES string of the molecule is COc1ccccc1CCN(C)CCCCC(=O)c1ccc2c(c1)CCN(S(C)(=O)=O)CC2. The summed E-state index contributed by atoms with van der Waals surface area (Å²) in [5.74, 6) is 1.10. The molecular formula is C26H36N2O4S. The van der Waals surface area contributed by atoms with Crippen molar-refractivity contribution in [3.63, 3.8) is 0 Å². The molecule has 0 amide bonds. The predicted octanol–water partition coefficient (Wildman–Crippen LogP) is 3.58. The Morgan fingerprint density at radius 2 is 1.76 bits per heavy atom. The fraction of sp³-hybridized carbons (Fsp3) is 0.500. The van der Waals surface area contributed by atoms with Crippen LogP contribution in [0.1, 0.15) is 46.3 Å². The summed E-state index contributed by atoms with van der Waals surface area (Å²) in [6.07, 6.45) is 5.91. The van der Waals surface area contributed by atoms with Gasteiger partial charge in [-0.2, -0.15) is 0 Å². The van der Waals surface area contributed by atoms with Crippen LogP contribution in [0.25, 0.3) is 0 Å². The van der Waals surface area contributed by atoms with Gasteiger partial charge in [0.05, 0.1) is 13.4 Å². The van der Waals surface area contributed by atoms with E-state index in [0.29, 0.717) is 32.4 Å². The van der Waals surface area contributed by atoms with E-state index in [9.17, 15) is 13.2 Å². The van der Waals surface area contributed by atoms with Gasteiger partial charge in [0.2, 0.25) is 10.0 Å². The molecule has 0 radical (unpaired) electrons. The van der Waals surface area contributed by atoms with Crippen molar-refractivity contribution in [3.05, 3.63) is 64.7 Å². The van der Waals surface area contributed by atoms with Crippen LogP contribution in [-0.4, -0.2) is 70.0 Å². The Morgan fingerprint density at radius 3 is 2.48 bits per heavy atom. The van der Waals surface area contributed by atoms with E-state index in [2.05, 4.69) is 18.0 Å². The molecular weight excluding hydrogens is 436 g/mol. The number of ketones is 1. The highest BCUT2D eigenvalue weighted by Gasteiger charge is 2.21. The Bertz CT molecular complexity index is 1050. The number of rotatable bonds is 11. The van der Waals surface area contributed by atoms with Crippen molar-refractivity contribution >= 4 is 15.8 Å². The lowest BCUT2D eigenvalue weighted by Crippen LogP contribution is -2.32. The van der Waals surface area contributed by atoms with Crippen molar-refractivity contribution in [1.29, 1.82) is 0 Å². The van der Waals surface area contributed by atoms with Crippen LogP contribution in [0, 0.1) is 0 Å². The molecule has 0 N–H and O–H groups in total. The second kappa shape index (κ2) is 11.8. The first-order chi connectivity index (χ1) is 15.8. The molecule has 0 bridgehead atoms. The second-order valence-electron chi connectivity index (χ2n) is 8.89. The average molecular weight is 473 g/mol. The molecule has 0 saturated carbocycles. The molecule has 7 heteroatoms. The largest absolute Gasteiger partial charge is 0.496 e. The lowest BCUT2D eigenvalue weighted by atomic mass is 9.97. The van der Waals surface area contributed by atoms with Gasteiger partial charge in [0, 0.05) is 31.6 Å². The van der Waals surface area contributed by atoms with Gasteiger partial charge in [-0.3, -0.25) is 4.79 Å². The molecule has 0 aliphatic carbocycles. The van der Waals surface area contributed by atoms with Crippen LogP contribution in [0.4, 0.5) is 0 Å². The number of hydrogen-bond acceptors (Lipinski definition) is 5. The van der Waals surface area contributed by atoms with Gasteiger partial charge in [0.25, 0.3) is 0 Å². The number of likely N-dealkylation sites (N-methyl/N-ethyl adjacent to an activating group) is 1. The smallest absolute Gasteiger partial charge is 0.211 e. The second-order valence-corrected chi connectivity index (χ2v) is 10.9. The third kappa shape index (κ3) is 7.39. The number of para-hydroxylation sites is 1. The summed E-state index contributed by atoms with van der Waals surface area (Å²) in [5, 5.41) is 0. The van der Waals surface area contributed by atoms with Crippen molar-refractivity contribution in [2.75, 3.05) is 46.6 Å². The van der Waals surface area contributed by atoms with Crippen molar-refractivity contribution < 1.29 is 17.9 Å². The maximum Gasteiger partial charge on any atom is 0.211 e. The van der Waals surface area contributed by atoms with Gasteiger partial charge in [-0.05, 0) is 74.5 Å². The number of benzene rings is 2. The number of sulfonamides is 1. The van der Waals surface area contributed by atoms with Gasteiger partial charge < -0.3 is 9.64 Å². The Labute approximate surface area is 198 Å². The summed E-state index contributed by atoms with van der Waals surface area (Å²) in [6.45, 7) is 2.88. The standard InChI is InChI=1S/C26H36N2O4S/c1-27(17-13-22-8-4-5-10-26(22)32-2)16-7-6-9-25(29)24-12-11-21-14-18-28(33(3,30)31)19-15-23(21)20-24/h4-5,8,10-12,20H,6-7,9,13-19H2,1-3H3. The van der Waals surface area contributed by atoms with E-state index in [-0.39, 0.29) is 5.78 Å². The number of ether oxygens (including phenoxy) is 1. The van der Waals surface area contributed by atoms with Gasteiger partial charge >= 0.3 is 0 Å². The highest BCUT2D eigenvalue weighted by atomic mass is 32.2. The number of unbranched alkanes of at least 4 members (excludes halogenated alkanes) is 1. The Hall–Kier alpha value is -2.22. The molecule has 1 heterocycles. The lowest BCUT2D eigenvalue weighted by Gasteiger charge is -2.17. The zero-order chi connectivity index (χ0) is 23.8. The van der Waals surface area contributed by atoms with E-state index in [4.69, 9.17) is 4.74 Å². The van der Waals surface area contributed by atoms with E-state index in [0.717, 1.165) is 54.8 Å². The van der Waals surface area contributed by atoms with Crippen molar-refractivity contribution in [2.24, 2.45) is 0 Å². The number of carbonyl (C=O) groups excluding carboxylic acids is 1. The quantitative estimate of drug-likeness (QED) is 0.369. The molecule has 2 aromatic rings. The molecule has 2 aromatic carbocycles. The third-order valence-corrected chi connectivity index (χ3v) is 7.71. The van der Waals surface area contributed by atoms with Crippen molar-refractivity contribution in [2.45, 2.75) is 38.5 Å². The summed E-state index contributed by atoms with van der Waals surface area (Å²) < 4.78 is 30.7. The molecule has 180 valence electrons. The maximum atomic E-state index is 12.7. The van der Waals surface area contributed by atoms with Crippen molar-refractivity contribution in [1.82, 2.24) is 9.21 Å². The Morgan fingerprint density at radius 1 is 1.03 bits per heavy atom. The minimum Gasteiger partial charge on any atom is -0.496 e. The zero-order valence-corrected chi connectivity index (χ0v) is 20.9. The molecule has 0 fully saturated rings. The summed E-state index contributed by atoms with van der Waals surface area (Å²) >= 11 is 0. The number of carbonyl (C=O) groups is 1. The summed E-state index contributed by atoms with van der Waals surface area (Å²) in [7, 11) is 0.634. The predicted molar refractivity (Wildman–Crippen MR) is 133 cm³/mol. The molecule has 0 aromatic heterocycles. The average Bonchev–Trinajstić information content (AvgIpc) is 3.02. The first-order valence-electron chi connectivity index (χ1n) is 11.7. The number of methoxy groups -OCH3 is 1. The van der Waals surface area contributed by atoms with Gasteiger partial charge in [0.1, 0.15) is 5.75 Å². The lowest BCUT2D eigenvalue weighted by molar-refractivity contribution is 0.0978.